The maximum absolute atomic E-state index is 14.1. The van der Waals surface area contributed by atoms with Crippen LogP contribution in [0.5, 0.6) is 0 Å². The monoisotopic (exact) mass is 656 g/mol. The van der Waals surface area contributed by atoms with Crippen LogP contribution in [0.3, 0.4) is 0 Å². The molecule has 3 fully saturated rings. The van der Waals surface area contributed by atoms with Crippen molar-refractivity contribution >= 4 is 40.3 Å². The highest BCUT2D eigenvalue weighted by molar-refractivity contribution is 6.00. The van der Waals surface area contributed by atoms with Gasteiger partial charge in [0.25, 0.3) is 5.91 Å². The van der Waals surface area contributed by atoms with E-state index in [4.69, 9.17) is 19.6 Å². The van der Waals surface area contributed by atoms with E-state index in [-0.39, 0.29) is 53.4 Å². The topological polar surface area (TPSA) is 144 Å². The number of esters is 1. The van der Waals surface area contributed by atoms with Gasteiger partial charge in [0.2, 0.25) is 17.6 Å². The molecule has 1 aromatic carbocycles. The molecular weight excluding hydrogens is 607 g/mol. The number of benzene rings is 1. The third kappa shape index (κ3) is 8.14. The van der Waals surface area contributed by atoms with Crippen LogP contribution in [-0.2, 0) is 23.9 Å². The number of hydrogen-bond acceptors (Lipinski definition) is 8. The first-order chi connectivity index (χ1) is 22.6. The number of likely N-dealkylation sites (tertiary alicyclic amines) is 1. The predicted octanol–water partition coefficient (Wildman–Crippen LogP) is 4.53. The molecule has 11 nitrogen and oxygen atoms in total. The van der Waals surface area contributed by atoms with Gasteiger partial charge in [-0.05, 0) is 106 Å². The molecular formula is C35H49FN4O7. The number of nitrogens with two attached hydrogens (primary N) is 1. The van der Waals surface area contributed by atoms with Crippen molar-refractivity contribution in [1.29, 1.82) is 0 Å². The summed E-state index contributed by atoms with van der Waals surface area (Å²) in [5.41, 5.74) is 7.16. The van der Waals surface area contributed by atoms with E-state index in [1.165, 1.54) is 11.0 Å². The van der Waals surface area contributed by atoms with Crippen molar-refractivity contribution in [2.24, 2.45) is 29.4 Å². The van der Waals surface area contributed by atoms with E-state index in [0.29, 0.717) is 48.4 Å². The van der Waals surface area contributed by atoms with Crippen molar-refractivity contribution < 1.29 is 37.5 Å². The molecule has 3 amide bonds. The first-order valence-electron chi connectivity index (χ1n) is 17.0. The molecule has 0 unspecified atom stereocenters. The second kappa shape index (κ2) is 15.6. The number of carbonyl (C=O) groups excluding carboxylic acids is 4. The van der Waals surface area contributed by atoms with Crippen LogP contribution in [0.2, 0.25) is 0 Å². The molecule has 0 bridgehead atoms. The lowest BCUT2D eigenvalue weighted by Crippen LogP contribution is -2.50. The Kier molecular flexibility index (Phi) is 11.5. The minimum Gasteiger partial charge on any atom is -0.450 e. The molecule has 12 heteroatoms. The van der Waals surface area contributed by atoms with E-state index in [1.54, 1.807) is 39.4 Å². The maximum atomic E-state index is 14.1. The summed E-state index contributed by atoms with van der Waals surface area (Å²) in [5.74, 6) is -0.957. The third-order valence-corrected chi connectivity index (χ3v) is 10.6. The van der Waals surface area contributed by atoms with Gasteiger partial charge in [0, 0.05) is 50.8 Å². The molecule has 0 spiro atoms. The summed E-state index contributed by atoms with van der Waals surface area (Å²) in [4.78, 5) is 55.6. The number of nitrogens with one attached hydrogen (secondary N) is 1. The van der Waals surface area contributed by atoms with E-state index in [2.05, 4.69) is 5.32 Å². The molecule has 1 saturated heterocycles. The largest absolute Gasteiger partial charge is 0.450 e. The Hall–Kier alpha value is -3.51. The van der Waals surface area contributed by atoms with Crippen LogP contribution < -0.4 is 11.1 Å². The summed E-state index contributed by atoms with van der Waals surface area (Å²) in [7, 11) is 4.88. The van der Waals surface area contributed by atoms with Gasteiger partial charge < -0.3 is 34.7 Å². The highest BCUT2D eigenvalue weighted by Crippen LogP contribution is 2.42. The number of carbonyl (C=O) groups is 4. The fraction of sp³-hybridized carbons (Fsp3) is 0.657. The molecule has 3 aliphatic rings. The molecule has 1 aliphatic heterocycles. The molecule has 258 valence electrons. The zero-order valence-corrected chi connectivity index (χ0v) is 27.8. The van der Waals surface area contributed by atoms with Gasteiger partial charge in [-0.2, -0.15) is 0 Å². The van der Waals surface area contributed by atoms with E-state index >= 15 is 0 Å². The number of ether oxygens (including phenoxy) is 2. The molecule has 2 aliphatic carbocycles. The Morgan fingerprint density at radius 1 is 1.04 bits per heavy atom. The normalized spacial score (nSPS) is 27.0. The first kappa shape index (κ1) is 34.8. The number of rotatable bonds is 11. The molecule has 2 heterocycles. The number of alkyl halides is 1. The average Bonchev–Trinajstić information content (AvgIpc) is 3.72. The average molecular weight is 657 g/mol. The highest BCUT2D eigenvalue weighted by atomic mass is 19.1. The Morgan fingerprint density at radius 2 is 1.77 bits per heavy atom. The number of amides is 3. The van der Waals surface area contributed by atoms with Crippen LogP contribution in [0.25, 0.3) is 11.0 Å². The van der Waals surface area contributed by atoms with E-state index in [9.17, 15) is 23.6 Å². The van der Waals surface area contributed by atoms with E-state index < -0.39 is 25.3 Å². The molecule has 5 rings (SSSR count). The van der Waals surface area contributed by atoms with Crippen molar-refractivity contribution in [3.8, 4) is 0 Å². The minimum absolute atomic E-state index is 0.0249. The van der Waals surface area contributed by atoms with Gasteiger partial charge >= 0.3 is 5.97 Å². The van der Waals surface area contributed by atoms with E-state index in [1.807, 2.05) is 4.90 Å². The number of fused-ring (bicyclic) bond motifs is 1. The fourth-order valence-corrected chi connectivity index (χ4v) is 7.80. The summed E-state index contributed by atoms with van der Waals surface area (Å²) in [6, 6.07) is 5.83. The Bertz CT molecular complexity index is 1410. The Morgan fingerprint density at radius 3 is 2.43 bits per heavy atom. The second-order valence-corrected chi connectivity index (χ2v) is 13.7. The SMILES string of the molecule is COC1CCC([C@@H]2CCN(C(=O)[C@H]3CC[C@H]([C@H](N)CCF)CC3)[C@@H]2C(=O)Nc2ccc3oc(C(=O)OCC(=O)N(C)C)cc3c2)CC1. The summed E-state index contributed by atoms with van der Waals surface area (Å²) < 4.78 is 29.2. The van der Waals surface area contributed by atoms with Crippen LogP contribution in [-0.4, -0.2) is 92.7 Å². The van der Waals surface area contributed by atoms with Gasteiger partial charge in [0.1, 0.15) is 11.6 Å². The molecule has 47 heavy (non-hydrogen) atoms. The van der Waals surface area contributed by atoms with Crippen molar-refractivity contribution in [2.45, 2.75) is 82.4 Å². The number of hydrogen-bond donors (Lipinski definition) is 2. The fourth-order valence-electron chi connectivity index (χ4n) is 7.80. The lowest BCUT2D eigenvalue weighted by Gasteiger charge is -2.37. The molecule has 2 aromatic rings. The summed E-state index contributed by atoms with van der Waals surface area (Å²) >= 11 is 0. The zero-order chi connectivity index (χ0) is 33.7. The predicted molar refractivity (Wildman–Crippen MR) is 174 cm³/mol. The van der Waals surface area contributed by atoms with Crippen LogP contribution in [0.15, 0.2) is 28.7 Å². The summed E-state index contributed by atoms with van der Waals surface area (Å²) in [5, 5.41) is 3.65. The number of methoxy groups -OCH3 is 1. The Balaban J connectivity index is 1.30. The Labute approximate surface area is 275 Å². The number of nitrogens with zero attached hydrogens (tertiary/aromatic N) is 2. The van der Waals surface area contributed by atoms with Crippen molar-refractivity contribution in [1.82, 2.24) is 9.80 Å². The summed E-state index contributed by atoms with van der Waals surface area (Å²) in [6.45, 7) is -0.294. The third-order valence-electron chi connectivity index (χ3n) is 10.6. The van der Waals surface area contributed by atoms with Crippen molar-refractivity contribution in [2.75, 3.05) is 46.3 Å². The van der Waals surface area contributed by atoms with Crippen LogP contribution in [0.1, 0.15) is 74.8 Å². The quantitative estimate of drug-likeness (QED) is 0.336. The van der Waals surface area contributed by atoms with E-state index in [0.717, 1.165) is 44.9 Å². The smallest absolute Gasteiger partial charge is 0.374 e. The molecule has 3 atom stereocenters. The zero-order valence-electron chi connectivity index (χ0n) is 27.8. The van der Waals surface area contributed by atoms with Crippen molar-refractivity contribution in [3.63, 3.8) is 0 Å². The van der Waals surface area contributed by atoms with Gasteiger partial charge in [-0.1, -0.05) is 0 Å². The van der Waals surface area contributed by atoms with Gasteiger partial charge in [0.15, 0.2) is 6.61 Å². The number of halogens is 1. The van der Waals surface area contributed by atoms with Gasteiger partial charge in [-0.15, -0.1) is 0 Å². The second-order valence-electron chi connectivity index (χ2n) is 13.7. The first-order valence-corrected chi connectivity index (χ1v) is 17.0. The van der Waals surface area contributed by atoms with Gasteiger partial charge in [-0.3, -0.25) is 18.8 Å². The van der Waals surface area contributed by atoms with Gasteiger partial charge in [-0.25, -0.2) is 4.79 Å². The standard InChI is InChI=1S/C35H49FN4O7/c1-39(2)31(41)20-46-35(44)30-19-24-18-25(10-13-29(24)47-30)38-33(42)32-27(21-8-11-26(45-3)12-9-21)15-17-40(32)34(43)23-6-4-22(5-7-23)28(37)14-16-36/h10,13,18-19,21-23,26-28,32H,4-9,11-12,14-17,20,37H2,1-3H3,(H,38,42)/t21?,22-,23-,26?,27-,28+,32-/m0/s1. The van der Waals surface area contributed by atoms with Crippen molar-refractivity contribution in [3.05, 3.63) is 30.0 Å². The lowest BCUT2D eigenvalue weighted by molar-refractivity contribution is -0.142. The number of anilines is 1. The highest BCUT2D eigenvalue weighted by Gasteiger charge is 2.47. The van der Waals surface area contributed by atoms with Crippen LogP contribution in [0, 0.1) is 23.7 Å². The minimum atomic E-state index is -0.758. The summed E-state index contributed by atoms with van der Waals surface area (Å²) in [6.07, 6.45) is 8.10. The molecule has 3 N–H and O–H groups in total. The van der Waals surface area contributed by atoms with Crippen LogP contribution in [0.4, 0.5) is 10.1 Å². The van der Waals surface area contributed by atoms with Gasteiger partial charge in [0.05, 0.1) is 12.8 Å². The van der Waals surface area contributed by atoms with Crippen LogP contribution >= 0.6 is 0 Å². The lowest BCUT2D eigenvalue weighted by atomic mass is 9.75. The molecule has 1 aromatic heterocycles. The molecule has 0 radical (unpaired) electrons. The number of likely N-dealkylation sites (N-methyl/N-ethyl adjacent to an activating group) is 1. The molecule has 2 saturated carbocycles. The maximum Gasteiger partial charge on any atom is 0.374 e. The number of furan rings is 1.